The highest BCUT2D eigenvalue weighted by Crippen LogP contribution is 2.16. The summed E-state index contributed by atoms with van der Waals surface area (Å²) in [6.07, 6.45) is -1.54. The Morgan fingerprint density at radius 2 is 1.10 bits per heavy atom. The van der Waals surface area contributed by atoms with E-state index in [2.05, 4.69) is 0 Å². The van der Waals surface area contributed by atoms with Crippen molar-refractivity contribution in [2.75, 3.05) is 6.61 Å². The molecule has 0 aliphatic rings. The van der Waals surface area contributed by atoms with Gasteiger partial charge in [0.1, 0.15) is 6.61 Å². The summed E-state index contributed by atoms with van der Waals surface area (Å²) in [5.41, 5.74) is 0. The van der Waals surface area contributed by atoms with Crippen molar-refractivity contribution < 1.29 is 42.9 Å². The average molecular weight is 430 g/mol. The van der Waals surface area contributed by atoms with Gasteiger partial charge in [0.05, 0.1) is 0 Å². The minimum absolute atomic E-state index is 0.0518. The van der Waals surface area contributed by atoms with Crippen molar-refractivity contribution in [1.82, 2.24) is 0 Å². The molecule has 30 heavy (non-hydrogen) atoms. The zero-order valence-corrected chi connectivity index (χ0v) is 18.3. The zero-order valence-electron chi connectivity index (χ0n) is 18.3. The number of carbonyl (C=O) groups excluding carboxylic acids is 5. The lowest BCUT2D eigenvalue weighted by molar-refractivity contribution is -0.191. The molecule has 0 N–H and O–H groups in total. The fourth-order valence-electron chi connectivity index (χ4n) is 2.44. The lowest BCUT2D eigenvalue weighted by Gasteiger charge is -2.30. The first kappa shape index (κ1) is 27.5. The minimum Gasteiger partial charge on any atom is -0.462 e. The molecule has 3 unspecified atom stereocenters. The Labute approximate surface area is 177 Å². The second-order valence-corrected chi connectivity index (χ2v) is 6.76. The summed E-state index contributed by atoms with van der Waals surface area (Å²) in [6.45, 7) is 6.66. The molecule has 9 nitrogen and oxygen atoms in total. The van der Waals surface area contributed by atoms with Gasteiger partial charge >= 0.3 is 23.9 Å². The summed E-state index contributed by atoms with van der Waals surface area (Å²) >= 11 is 0. The smallest absolute Gasteiger partial charge is 0.306 e. The van der Waals surface area contributed by atoms with Crippen molar-refractivity contribution in [3.05, 3.63) is 0 Å². The van der Waals surface area contributed by atoms with Crippen molar-refractivity contribution in [3.63, 3.8) is 0 Å². The number of ether oxygens (including phenoxy) is 4. The van der Waals surface area contributed by atoms with Crippen molar-refractivity contribution >= 4 is 30.2 Å². The van der Waals surface area contributed by atoms with Gasteiger partial charge in [-0.15, -0.1) is 0 Å². The van der Waals surface area contributed by atoms with Crippen molar-refractivity contribution in [1.29, 1.82) is 0 Å². The third-order valence-electron chi connectivity index (χ3n) is 3.87. The van der Waals surface area contributed by atoms with Crippen LogP contribution in [0.3, 0.4) is 0 Å². The van der Waals surface area contributed by atoms with Crippen molar-refractivity contribution in [2.45, 2.75) is 97.4 Å². The molecule has 0 spiro atoms. The van der Waals surface area contributed by atoms with Crippen LogP contribution in [-0.2, 0) is 42.9 Å². The highest BCUT2D eigenvalue weighted by atomic mass is 16.6. The Morgan fingerprint density at radius 1 is 0.667 bits per heavy atom. The van der Waals surface area contributed by atoms with Crippen LogP contribution in [0.4, 0.5) is 0 Å². The van der Waals surface area contributed by atoms with E-state index in [0.29, 0.717) is 32.0 Å². The highest BCUT2D eigenvalue weighted by molar-refractivity contribution is 5.74. The molecule has 0 aliphatic carbocycles. The van der Waals surface area contributed by atoms with Gasteiger partial charge in [0, 0.05) is 25.7 Å². The quantitative estimate of drug-likeness (QED) is 0.206. The van der Waals surface area contributed by atoms with E-state index >= 15 is 0 Å². The molecule has 0 amide bonds. The summed E-state index contributed by atoms with van der Waals surface area (Å²) in [5.74, 6) is -2.46. The molecule has 0 bridgehead atoms. The molecule has 0 saturated carbocycles. The number of carbonyl (C=O) groups is 5. The third-order valence-corrected chi connectivity index (χ3v) is 3.87. The third kappa shape index (κ3) is 11.5. The van der Waals surface area contributed by atoms with E-state index in [-0.39, 0.29) is 25.7 Å². The maximum atomic E-state index is 12.1. The Kier molecular flexibility index (Phi) is 15.0. The molecular formula is C21H34O9. The van der Waals surface area contributed by atoms with Crippen LogP contribution in [0.1, 0.15) is 79.1 Å². The van der Waals surface area contributed by atoms with Crippen LogP contribution in [0.5, 0.6) is 0 Å². The second-order valence-electron chi connectivity index (χ2n) is 6.76. The van der Waals surface area contributed by atoms with E-state index in [0.717, 1.165) is 0 Å². The minimum atomic E-state index is -1.51. The molecule has 0 radical (unpaired) electrons. The normalized spacial score (nSPS) is 13.5. The van der Waals surface area contributed by atoms with E-state index in [9.17, 15) is 24.0 Å². The monoisotopic (exact) mass is 430 g/mol. The first-order valence-corrected chi connectivity index (χ1v) is 10.5. The van der Waals surface area contributed by atoms with Crippen LogP contribution < -0.4 is 0 Å². The van der Waals surface area contributed by atoms with E-state index in [4.69, 9.17) is 18.9 Å². The van der Waals surface area contributed by atoms with Crippen molar-refractivity contribution in [2.24, 2.45) is 0 Å². The van der Waals surface area contributed by atoms with Gasteiger partial charge in [-0.2, -0.15) is 0 Å². The van der Waals surface area contributed by atoms with Crippen LogP contribution in [0.25, 0.3) is 0 Å². The van der Waals surface area contributed by atoms with Crippen LogP contribution in [0.2, 0.25) is 0 Å². The van der Waals surface area contributed by atoms with Crippen LogP contribution in [0, 0.1) is 0 Å². The molecule has 0 saturated heterocycles. The highest BCUT2D eigenvalue weighted by Gasteiger charge is 2.39. The summed E-state index contributed by atoms with van der Waals surface area (Å²) in [7, 11) is 0. The molecule has 0 aromatic carbocycles. The van der Waals surface area contributed by atoms with E-state index in [1.54, 1.807) is 27.7 Å². The van der Waals surface area contributed by atoms with Crippen molar-refractivity contribution in [3.8, 4) is 0 Å². The molecular weight excluding hydrogens is 396 g/mol. The first-order chi connectivity index (χ1) is 14.3. The molecule has 9 heteroatoms. The van der Waals surface area contributed by atoms with Crippen LogP contribution in [0.15, 0.2) is 0 Å². The fraction of sp³-hybridized carbons (Fsp3) is 0.762. The van der Waals surface area contributed by atoms with Crippen LogP contribution in [-0.4, -0.2) is 55.1 Å². The van der Waals surface area contributed by atoms with Gasteiger partial charge in [-0.25, -0.2) is 0 Å². The Morgan fingerprint density at radius 3 is 1.57 bits per heavy atom. The zero-order chi connectivity index (χ0) is 22.9. The Hall–Kier alpha value is -2.45. The molecule has 0 heterocycles. The topological polar surface area (TPSA) is 122 Å². The summed E-state index contributed by atoms with van der Waals surface area (Å²) in [6, 6.07) is 0. The number of esters is 4. The first-order valence-electron chi connectivity index (χ1n) is 10.5. The van der Waals surface area contributed by atoms with Crippen LogP contribution >= 0.6 is 0 Å². The van der Waals surface area contributed by atoms with E-state index in [1.807, 2.05) is 0 Å². The number of hydrogen-bond acceptors (Lipinski definition) is 9. The summed E-state index contributed by atoms with van der Waals surface area (Å²) in [5, 5.41) is 0. The standard InChI is InChI=1S/C21H34O9/c1-5-9-17(23)27-14-16(29-19(25)11-7-3)21(30-20(26)12-8-4)15(13-22)28-18(24)10-6-2/h13,15-16,21H,5-12,14H2,1-4H3. The maximum absolute atomic E-state index is 12.1. The van der Waals surface area contributed by atoms with Gasteiger partial charge in [-0.3, -0.25) is 24.0 Å². The molecule has 172 valence electrons. The van der Waals surface area contributed by atoms with E-state index in [1.165, 1.54) is 0 Å². The van der Waals surface area contributed by atoms with Gasteiger partial charge in [0.15, 0.2) is 24.6 Å². The Balaban J connectivity index is 5.70. The lowest BCUT2D eigenvalue weighted by atomic mass is 10.1. The molecule has 3 atom stereocenters. The largest absolute Gasteiger partial charge is 0.462 e. The summed E-state index contributed by atoms with van der Waals surface area (Å²) in [4.78, 5) is 59.6. The van der Waals surface area contributed by atoms with Gasteiger partial charge in [-0.05, 0) is 25.7 Å². The molecule has 0 aliphatic heterocycles. The number of aldehydes is 1. The summed E-state index contributed by atoms with van der Waals surface area (Å²) < 4.78 is 21.0. The molecule has 0 aromatic heterocycles. The Bertz CT molecular complexity index is 559. The van der Waals surface area contributed by atoms with E-state index < -0.39 is 48.8 Å². The average Bonchev–Trinajstić information content (AvgIpc) is 2.68. The predicted molar refractivity (Wildman–Crippen MR) is 106 cm³/mol. The second kappa shape index (κ2) is 16.4. The number of hydrogen-bond donors (Lipinski definition) is 0. The van der Waals surface area contributed by atoms with Gasteiger partial charge < -0.3 is 18.9 Å². The SMILES string of the molecule is CCCC(=O)OCC(OC(=O)CCC)C(OC(=O)CCC)C(C=O)OC(=O)CCC. The lowest BCUT2D eigenvalue weighted by Crippen LogP contribution is -2.48. The van der Waals surface area contributed by atoms with Gasteiger partial charge in [-0.1, -0.05) is 27.7 Å². The van der Waals surface area contributed by atoms with Gasteiger partial charge in [0.25, 0.3) is 0 Å². The van der Waals surface area contributed by atoms with Gasteiger partial charge in [0.2, 0.25) is 0 Å². The fourth-order valence-corrected chi connectivity index (χ4v) is 2.44. The number of rotatable bonds is 16. The maximum Gasteiger partial charge on any atom is 0.306 e. The molecule has 0 rings (SSSR count). The molecule has 0 fully saturated rings. The molecule has 0 aromatic rings. The predicted octanol–water partition coefficient (Wildman–Crippen LogP) is 2.66.